The van der Waals surface area contributed by atoms with E-state index >= 15 is 0 Å². The van der Waals surface area contributed by atoms with Gasteiger partial charge in [-0.05, 0) is 30.9 Å². The van der Waals surface area contributed by atoms with Crippen LogP contribution in [-0.2, 0) is 9.53 Å². The molecule has 0 saturated heterocycles. The van der Waals surface area contributed by atoms with Gasteiger partial charge in [-0.25, -0.2) is 4.79 Å². The Kier molecular flexibility index (Phi) is 5.03. The van der Waals surface area contributed by atoms with E-state index in [2.05, 4.69) is 25.2 Å². The molecule has 3 rings (SSSR count). The number of carbonyl (C=O) groups excluding carboxylic acids is 2. The lowest BCUT2D eigenvalue weighted by molar-refractivity contribution is -0.112. The van der Waals surface area contributed by atoms with Crippen molar-refractivity contribution < 1.29 is 14.3 Å². The SMILES string of the molecule is COC(=O)c1nc(NC=C2CCCC(=Cc3ccccc3)C2=O)n[nH]1. The van der Waals surface area contributed by atoms with Crippen LogP contribution in [0.3, 0.4) is 0 Å². The first kappa shape index (κ1) is 16.6. The molecule has 1 aliphatic rings. The number of nitrogens with zero attached hydrogens (tertiary/aromatic N) is 2. The van der Waals surface area contributed by atoms with Gasteiger partial charge in [-0.1, -0.05) is 30.3 Å². The van der Waals surface area contributed by atoms with E-state index in [0.717, 1.165) is 24.0 Å². The normalized spacial score (nSPS) is 17.7. The van der Waals surface area contributed by atoms with Crippen LogP contribution in [0.4, 0.5) is 5.95 Å². The zero-order valence-corrected chi connectivity index (χ0v) is 13.8. The van der Waals surface area contributed by atoms with E-state index in [4.69, 9.17) is 0 Å². The molecule has 0 atom stereocenters. The first-order chi connectivity index (χ1) is 12.2. The van der Waals surface area contributed by atoms with E-state index in [1.54, 1.807) is 6.20 Å². The third-order valence-corrected chi connectivity index (χ3v) is 3.86. The van der Waals surface area contributed by atoms with Crippen LogP contribution in [0.5, 0.6) is 0 Å². The number of hydrogen-bond donors (Lipinski definition) is 2. The number of rotatable bonds is 4. The number of anilines is 1. The number of nitrogens with one attached hydrogen (secondary N) is 2. The highest BCUT2D eigenvalue weighted by atomic mass is 16.5. The molecule has 0 unspecified atom stereocenters. The van der Waals surface area contributed by atoms with Gasteiger partial charge in [-0.2, -0.15) is 4.98 Å². The third kappa shape index (κ3) is 4.00. The summed E-state index contributed by atoms with van der Waals surface area (Å²) in [5.74, 6) is -0.371. The quantitative estimate of drug-likeness (QED) is 0.657. The minimum atomic E-state index is -0.602. The lowest BCUT2D eigenvalue weighted by Crippen LogP contribution is -2.13. The number of H-pyrrole nitrogens is 1. The van der Waals surface area contributed by atoms with Crippen LogP contribution in [0.15, 0.2) is 47.7 Å². The van der Waals surface area contributed by atoms with Crippen molar-refractivity contribution in [1.82, 2.24) is 15.2 Å². The van der Waals surface area contributed by atoms with Crippen molar-refractivity contribution in [3.8, 4) is 0 Å². The molecule has 0 radical (unpaired) electrons. The topological polar surface area (TPSA) is 97.0 Å². The molecule has 128 valence electrons. The smallest absolute Gasteiger partial charge is 0.375 e. The predicted octanol–water partition coefficient (Wildman–Crippen LogP) is 2.72. The lowest BCUT2D eigenvalue weighted by atomic mass is 9.88. The second-order valence-corrected chi connectivity index (χ2v) is 5.58. The minimum absolute atomic E-state index is 0.00281. The van der Waals surface area contributed by atoms with E-state index in [1.807, 2.05) is 36.4 Å². The Bertz CT molecular complexity index is 837. The molecular weight excluding hydrogens is 320 g/mol. The first-order valence-electron chi connectivity index (χ1n) is 7.94. The molecule has 1 heterocycles. The van der Waals surface area contributed by atoms with Crippen molar-refractivity contribution in [1.29, 1.82) is 0 Å². The summed E-state index contributed by atoms with van der Waals surface area (Å²) >= 11 is 0. The first-order valence-corrected chi connectivity index (χ1v) is 7.94. The Morgan fingerprint density at radius 3 is 2.76 bits per heavy atom. The Balaban J connectivity index is 1.72. The van der Waals surface area contributed by atoms with E-state index in [0.29, 0.717) is 12.0 Å². The number of methoxy groups -OCH3 is 1. The van der Waals surface area contributed by atoms with Gasteiger partial charge in [0.25, 0.3) is 0 Å². The average molecular weight is 338 g/mol. The molecule has 1 aliphatic carbocycles. The number of ketones is 1. The number of benzene rings is 1. The Morgan fingerprint density at radius 2 is 2.00 bits per heavy atom. The molecule has 7 nitrogen and oxygen atoms in total. The molecule has 1 aromatic heterocycles. The summed E-state index contributed by atoms with van der Waals surface area (Å²) in [4.78, 5) is 27.9. The fourth-order valence-corrected chi connectivity index (χ4v) is 2.59. The standard InChI is InChI=1S/C18H18N4O3/c1-25-17(24)16-20-18(22-21-16)19-11-14-9-5-8-13(15(14)23)10-12-6-3-2-4-7-12/h2-4,6-7,10-11H,5,8-9H2,1H3,(H2,19,20,21,22). The van der Waals surface area contributed by atoms with Crippen molar-refractivity contribution in [2.75, 3.05) is 12.4 Å². The van der Waals surface area contributed by atoms with Gasteiger partial charge in [0.15, 0.2) is 5.78 Å². The van der Waals surface area contributed by atoms with Crippen LogP contribution in [0.25, 0.3) is 6.08 Å². The van der Waals surface area contributed by atoms with Crippen molar-refractivity contribution in [3.05, 3.63) is 59.1 Å². The lowest BCUT2D eigenvalue weighted by Gasteiger charge is -2.16. The summed E-state index contributed by atoms with van der Waals surface area (Å²) in [6, 6.07) is 9.77. The van der Waals surface area contributed by atoms with E-state index in [9.17, 15) is 9.59 Å². The fourth-order valence-electron chi connectivity index (χ4n) is 2.59. The fraction of sp³-hybridized carbons (Fsp3) is 0.222. The number of ether oxygens (including phenoxy) is 1. The van der Waals surface area contributed by atoms with Crippen molar-refractivity contribution in [3.63, 3.8) is 0 Å². The second-order valence-electron chi connectivity index (χ2n) is 5.58. The Hall–Kier alpha value is -3.22. The van der Waals surface area contributed by atoms with Crippen molar-refractivity contribution in [2.45, 2.75) is 19.3 Å². The molecule has 25 heavy (non-hydrogen) atoms. The van der Waals surface area contributed by atoms with Gasteiger partial charge in [-0.15, -0.1) is 5.10 Å². The maximum Gasteiger partial charge on any atom is 0.375 e. The molecule has 7 heteroatoms. The van der Waals surface area contributed by atoms with Gasteiger partial charge < -0.3 is 10.1 Å². The van der Waals surface area contributed by atoms with Crippen LogP contribution < -0.4 is 5.32 Å². The maximum atomic E-state index is 12.6. The zero-order valence-electron chi connectivity index (χ0n) is 13.8. The summed E-state index contributed by atoms with van der Waals surface area (Å²) < 4.78 is 4.55. The summed E-state index contributed by atoms with van der Waals surface area (Å²) in [6.07, 6.45) is 5.88. The number of carbonyl (C=O) groups is 2. The molecule has 2 N–H and O–H groups in total. The van der Waals surface area contributed by atoms with E-state index in [-0.39, 0.29) is 17.6 Å². The zero-order chi connectivity index (χ0) is 17.6. The summed E-state index contributed by atoms with van der Waals surface area (Å²) in [6.45, 7) is 0. The van der Waals surface area contributed by atoms with Gasteiger partial charge >= 0.3 is 5.97 Å². The molecule has 2 aromatic rings. The van der Waals surface area contributed by atoms with Crippen LogP contribution in [0, 0.1) is 0 Å². The second kappa shape index (κ2) is 7.57. The van der Waals surface area contributed by atoms with Gasteiger partial charge in [0.05, 0.1) is 7.11 Å². The number of hydrogen-bond acceptors (Lipinski definition) is 6. The molecule has 0 aliphatic heterocycles. The van der Waals surface area contributed by atoms with Gasteiger partial charge in [0, 0.05) is 17.3 Å². The number of aromatic nitrogens is 3. The summed E-state index contributed by atoms with van der Waals surface area (Å²) in [7, 11) is 1.27. The van der Waals surface area contributed by atoms with Crippen LogP contribution >= 0.6 is 0 Å². The maximum absolute atomic E-state index is 12.6. The van der Waals surface area contributed by atoms with Crippen molar-refractivity contribution in [2.24, 2.45) is 0 Å². The number of allylic oxidation sites excluding steroid dienone is 2. The van der Waals surface area contributed by atoms with Crippen LogP contribution in [0.2, 0.25) is 0 Å². The minimum Gasteiger partial charge on any atom is -0.463 e. The van der Waals surface area contributed by atoms with E-state index in [1.165, 1.54) is 7.11 Å². The van der Waals surface area contributed by atoms with E-state index < -0.39 is 5.97 Å². The summed E-state index contributed by atoms with van der Waals surface area (Å²) in [5, 5.41) is 9.19. The number of Topliss-reactive ketones (excluding diaryl/α,β-unsaturated/α-hetero) is 1. The van der Waals surface area contributed by atoms with Crippen molar-refractivity contribution >= 4 is 23.8 Å². The van der Waals surface area contributed by atoms with Crippen LogP contribution in [-0.4, -0.2) is 34.0 Å². The largest absolute Gasteiger partial charge is 0.463 e. The Morgan fingerprint density at radius 1 is 1.24 bits per heavy atom. The summed E-state index contributed by atoms with van der Waals surface area (Å²) in [5.41, 5.74) is 2.46. The molecule has 0 amide bonds. The molecule has 1 fully saturated rings. The average Bonchev–Trinajstić information content (AvgIpc) is 3.12. The number of aromatic amines is 1. The highest BCUT2D eigenvalue weighted by molar-refractivity contribution is 6.11. The highest BCUT2D eigenvalue weighted by Crippen LogP contribution is 2.26. The predicted molar refractivity (Wildman–Crippen MR) is 92.7 cm³/mol. The third-order valence-electron chi connectivity index (χ3n) is 3.86. The number of esters is 1. The monoisotopic (exact) mass is 338 g/mol. The van der Waals surface area contributed by atoms with Gasteiger partial charge in [-0.3, -0.25) is 9.89 Å². The molecule has 1 saturated carbocycles. The molecule has 1 aromatic carbocycles. The Labute approximate surface area is 144 Å². The molecular formula is C18H18N4O3. The molecule has 0 bridgehead atoms. The highest BCUT2D eigenvalue weighted by Gasteiger charge is 2.20. The van der Waals surface area contributed by atoms with Gasteiger partial charge in [0.2, 0.25) is 11.8 Å². The molecule has 0 spiro atoms. The van der Waals surface area contributed by atoms with Gasteiger partial charge in [0.1, 0.15) is 0 Å². The van der Waals surface area contributed by atoms with Crippen LogP contribution in [0.1, 0.15) is 35.4 Å².